The third-order valence-electron chi connectivity index (χ3n) is 3.40. The first kappa shape index (κ1) is 20.1. The van der Waals surface area contributed by atoms with Crippen molar-refractivity contribution in [1.82, 2.24) is 15.6 Å². The van der Waals surface area contributed by atoms with Crippen molar-refractivity contribution >= 4 is 62.0 Å². The van der Waals surface area contributed by atoms with Gasteiger partial charge in [0.05, 0.1) is 12.6 Å². The van der Waals surface area contributed by atoms with Gasteiger partial charge in [0.2, 0.25) is 11.0 Å². The van der Waals surface area contributed by atoms with Gasteiger partial charge in [-0.25, -0.2) is 5.43 Å². The lowest BCUT2D eigenvalue weighted by Gasteiger charge is -2.00. The van der Waals surface area contributed by atoms with Gasteiger partial charge in [-0.2, -0.15) is 5.10 Å². The summed E-state index contributed by atoms with van der Waals surface area (Å²) in [5.74, 6) is -0.658. The molecule has 0 radical (unpaired) electrons. The number of benzene rings is 2. The van der Waals surface area contributed by atoms with E-state index in [9.17, 15) is 9.59 Å². The van der Waals surface area contributed by atoms with Crippen LogP contribution in [0.2, 0.25) is 5.02 Å². The first-order valence-corrected chi connectivity index (χ1v) is 9.96. The number of anilines is 1. The Hall–Kier alpha value is -2.62. The molecule has 0 unspecified atom stereocenters. The second-order valence-corrected chi connectivity index (χ2v) is 7.84. The maximum atomic E-state index is 12.2. The predicted octanol–water partition coefficient (Wildman–Crippen LogP) is 3.90. The fourth-order valence-corrected chi connectivity index (χ4v) is 3.26. The van der Waals surface area contributed by atoms with Crippen molar-refractivity contribution in [3.05, 3.63) is 74.2 Å². The predicted molar refractivity (Wildman–Crippen MR) is 113 cm³/mol. The molecular weight excluding hydrogens is 466 g/mol. The minimum Gasteiger partial charge on any atom is -0.296 e. The molecule has 2 aromatic carbocycles. The average Bonchev–Trinajstić information content (AvgIpc) is 3.10. The second-order valence-electron chi connectivity index (χ2n) is 5.45. The van der Waals surface area contributed by atoms with Crippen LogP contribution in [0.25, 0.3) is 0 Å². The van der Waals surface area contributed by atoms with E-state index in [1.54, 1.807) is 42.5 Å². The van der Waals surface area contributed by atoms with Crippen molar-refractivity contribution in [2.45, 2.75) is 6.42 Å². The summed E-state index contributed by atoms with van der Waals surface area (Å²) in [6, 6.07) is 14.1. The molecule has 2 N–H and O–H groups in total. The van der Waals surface area contributed by atoms with Crippen LogP contribution in [0.5, 0.6) is 0 Å². The molecule has 0 fully saturated rings. The Kier molecular flexibility index (Phi) is 6.85. The molecule has 0 atom stereocenters. The van der Waals surface area contributed by atoms with E-state index >= 15 is 0 Å². The molecule has 0 saturated carbocycles. The SMILES string of the molecule is O=C(Cc1nnc(NC(=O)c2ccc(Br)cc2)s1)N/N=C\c1ccccc1Cl. The van der Waals surface area contributed by atoms with E-state index in [1.165, 1.54) is 6.21 Å². The first-order chi connectivity index (χ1) is 13.5. The Morgan fingerprint density at radius 3 is 2.64 bits per heavy atom. The van der Waals surface area contributed by atoms with Crippen LogP contribution in [0.15, 0.2) is 58.1 Å². The highest BCUT2D eigenvalue weighted by Gasteiger charge is 2.12. The van der Waals surface area contributed by atoms with Crippen LogP contribution in [0.3, 0.4) is 0 Å². The summed E-state index contributed by atoms with van der Waals surface area (Å²) in [5, 5.41) is 15.6. The molecule has 0 aliphatic carbocycles. The molecule has 0 spiro atoms. The standard InChI is InChI=1S/C18H13BrClN5O2S/c19-13-7-5-11(6-8-13)17(27)22-18-25-24-16(28-18)9-15(26)23-21-10-12-3-1-2-4-14(12)20/h1-8,10H,9H2,(H,23,26)(H,22,25,27)/b21-10-. The number of hydrogen-bond acceptors (Lipinski definition) is 6. The van der Waals surface area contributed by atoms with Gasteiger partial charge >= 0.3 is 0 Å². The third kappa shape index (κ3) is 5.69. The van der Waals surface area contributed by atoms with E-state index in [0.29, 0.717) is 26.3 Å². The molecule has 7 nitrogen and oxygen atoms in total. The van der Waals surface area contributed by atoms with Gasteiger partial charge in [-0.05, 0) is 30.3 Å². The summed E-state index contributed by atoms with van der Waals surface area (Å²) in [6.07, 6.45) is 1.45. The highest BCUT2D eigenvalue weighted by Crippen LogP contribution is 2.18. The van der Waals surface area contributed by atoms with Crippen molar-refractivity contribution in [2.24, 2.45) is 5.10 Å². The molecule has 142 valence electrons. The molecule has 3 rings (SSSR count). The molecule has 0 aliphatic rings. The highest BCUT2D eigenvalue weighted by atomic mass is 79.9. The summed E-state index contributed by atoms with van der Waals surface area (Å²) in [4.78, 5) is 24.1. The van der Waals surface area contributed by atoms with Crippen LogP contribution in [0, 0.1) is 0 Å². The van der Waals surface area contributed by atoms with E-state index in [2.05, 4.69) is 42.0 Å². The number of carbonyl (C=O) groups is 2. The summed E-state index contributed by atoms with van der Waals surface area (Å²) < 4.78 is 0.880. The smallest absolute Gasteiger partial charge is 0.257 e. The number of nitrogens with zero attached hydrogens (tertiary/aromatic N) is 3. The summed E-state index contributed by atoms with van der Waals surface area (Å²) in [5.41, 5.74) is 3.59. The van der Waals surface area contributed by atoms with E-state index < -0.39 is 0 Å². The van der Waals surface area contributed by atoms with Gasteiger partial charge in [0, 0.05) is 20.6 Å². The minimum absolute atomic E-state index is 0.00825. The Morgan fingerprint density at radius 1 is 1.14 bits per heavy atom. The van der Waals surface area contributed by atoms with Crippen molar-refractivity contribution < 1.29 is 9.59 Å². The molecule has 10 heteroatoms. The van der Waals surface area contributed by atoms with Crippen LogP contribution in [0.1, 0.15) is 20.9 Å². The summed E-state index contributed by atoms with van der Waals surface area (Å²) >= 11 is 10.4. The fourth-order valence-electron chi connectivity index (χ4n) is 2.08. The Labute approximate surface area is 178 Å². The van der Waals surface area contributed by atoms with Crippen molar-refractivity contribution in [3.8, 4) is 0 Å². The van der Waals surface area contributed by atoms with Gasteiger partial charge in [0.25, 0.3) is 5.91 Å². The molecule has 3 aromatic rings. The van der Waals surface area contributed by atoms with Crippen LogP contribution < -0.4 is 10.7 Å². The zero-order valence-corrected chi connectivity index (χ0v) is 17.4. The fraction of sp³-hybridized carbons (Fsp3) is 0.0556. The van der Waals surface area contributed by atoms with Gasteiger partial charge in [0.1, 0.15) is 5.01 Å². The summed E-state index contributed by atoms with van der Waals surface area (Å²) in [7, 11) is 0. The number of carbonyl (C=O) groups excluding carboxylic acids is 2. The van der Waals surface area contributed by atoms with Crippen molar-refractivity contribution in [3.63, 3.8) is 0 Å². The molecule has 0 saturated heterocycles. The average molecular weight is 479 g/mol. The Balaban J connectivity index is 1.52. The topological polar surface area (TPSA) is 96.3 Å². The number of aromatic nitrogens is 2. The van der Waals surface area contributed by atoms with Crippen molar-refractivity contribution in [2.75, 3.05) is 5.32 Å². The van der Waals surface area contributed by atoms with Crippen LogP contribution in [0.4, 0.5) is 5.13 Å². The quantitative estimate of drug-likeness (QED) is 0.415. The van der Waals surface area contributed by atoms with Gasteiger partial charge in [-0.1, -0.05) is 57.1 Å². The zero-order valence-electron chi connectivity index (χ0n) is 14.2. The molecule has 0 aliphatic heterocycles. The molecule has 2 amide bonds. The van der Waals surface area contributed by atoms with Gasteiger partial charge in [0.15, 0.2) is 0 Å². The Morgan fingerprint density at radius 2 is 1.89 bits per heavy atom. The Bertz CT molecular complexity index is 1020. The highest BCUT2D eigenvalue weighted by molar-refractivity contribution is 9.10. The van der Waals surface area contributed by atoms with E-state index in [4.69, 9.17) is 11.6 Å². The maximum Gasteiger partial charge on any atom is 0.257 e. The minimum atomic E-state index is -0.356. The number of amides is 2. The zero-order chi connectivity index (χ0) is 19.9. The second kappa shape index (κ2) is 9.54. The largest absolute Gasteiger partial charge is 0.296 e. The van der Waals surface area contributed by atoms with E-state index in [0.717, 1.165) is 15.8 Å². The molecular formula is C18H13BrClN5O2S. The maximum absolute atomic E-state index is 12.2. The molecule has 28 heavy (non-hydrogen) atoms. The van der Waals surface area contributed by atoms with E-state index in [1.807, 2.05) is 6.07 Å². The van der Waals surface area contributed by atoms with E-state index in [-0.39, 0.29) is 18.2 Å². The van der Waals surface area contributed by atoms with Gasteiger partial charge < -0.3 is 0 Å². The summed E-state index contributed by atoms with van der Waals surface area (Å²) in [6.45, 7) is 0. The normalized spacial score (nSPS) is 10.8. The molecule has 1 heterocycles. The lowest BCUT2D eigenvalue weighted by molar-refractivity contribution is -0.120. The van der Waals surface area contributed by atoms with Gasteiger partial charge in [-0.15, -0.1) is 10.2 Å². The van der Waals surface area contributed by atoms with Crippen LogP contribution in [-0.4, -0.2) is 28.2 Å². The lowest BCUT2D eigenvalue weighted by Crippen LogP contribution is -2.19. The number of hydrogen-bond donors (Lipinski definition) is 2. The lowest BCUT2D eigenvalue weighted by atomic mass is 10.2. The number of halogens is 2. The van der Waals surface area contributed by atoms with Crippen LogP contribution in [-0.2, 0) is 11.2 Å². The molecule has 0 bridgehead atoms. The van der Waals surface area contributed by atoms with Gasteiger partial charge in [-0.3, -0.25) is 14.9 Å². The van der Waals surface area contributed by atoms with Crippen molar-refractivity contribution in [1.29, 1.82) is 0 Å². The number of nitrogens with one attached hydrogen (secondary N) is 2. The number of rotatable bonds is 6. The monoisotopic (exact) mass is 477 g/mol. The molecule has 1 aromatic heterocycles. The third-order valence-corrected chi connectivity index (χ3v) is 5.12. The van der Waals surface area contributed by atoms with Crippen LogP contribution >= 0.6 is 38.9 Å². The first-order valence-electron chi connectivity index (χ1n) is 7.97. The number of hydrazone groups is 1.